The van der Waals surface area contributed by atoms with E-state index >= 15 is 0 Å². The van der Waals surface area contributed by atoms with Crippen LogP contribution in [-0.4, -0.2) is 49.5 Å². The fourth-order valence-corrected chi connectivity index (χ4v) is 2.13. The first-order valence-corrected chi connectivity index (χ1v) is 7.44. The van der Waals surface area contributed by atoms with Crippen LogP contribution in [0.3, 0.4) is 0 Å². The minimum absolute atomic E-state index is 0.132. The van der Waals surface area contributed by atoms with Gasteiger partial charge in [0.05, 0.1) is 11.9 Å². The molecule has 1 N–H and O–H groups in total. The van der Waals surface area contributed by atoms with Crippen molar-refractivity contribution in [1.82, 2.24) is 19.9 Å². The van der Waals surface area contributed by atoms with Gasteiger partial charge in [-0.15, -0.1) is 5.10 Å². The van der Waals surface area contributed by atoms with Crippen LogP contribution in [0.4, 0.5) is 0 Å². The molecule has 1 aromatic heterocycles. The fourth-order valence-electron chi connectivity index (χ4n) is 2.13. The second-order valence-electron chi connectivity index (χ2n) is 5.47. The minimum atomic E-state index is -1.05. The first kappa shape index (κ1) is 16.7. The molecule has 7 nitrogen and oxygen atoms in total. The number of carbonyl (C=O) groups excluding carboxylic acids is 1. The highest BCUT2D eigenvalue weighted by atomic mass is 16.4. The summed E-state index contributed by atoms with van der Waals surface area (Å²) >= 11 is 0. The predicted molar refractivity (Wildman–Crippen MR) is 84.5 cm³/mol. The standard InChI is InChI=1S/C16H20N4O3/c1-4-12(3)19(10-15(21)22)16(23)14-9-20(18-17-14)13-7-5-11(2)6-8-13/h5-9,12H,4,10H2,1-3H3,(H,21,22). The van der Waals surface area contributed by atoms with Crippen molar-refractivity contribution in [3.05, 3.63) is 41.7 Å². The van der Waals surface area contributed by atoms with E-state index in [0.29, 0.717) is 6.42 Å². The average molecular weight is 316 g/mol. The van der Waals surface area contributed by atoms with Gasteiger partial charge >= 0.3 is 5.97 Å². The van der Waals surface area contributed by atoms with Crippen molar-refractivity contribution in [2.75, 3.05) is 6.54 Å². The van der Waals surface area contributed by atoms with E-state index in [0.717, 1.165) is 11.3 Å². The van der Waals surface area contributed by atoms with Gasteiger partial charge in [-0.1, -0.05) is 29.8 Å². The molecule has 0 saturated heterocycles. The van der Waals surface area contributed by atoms with Crippen molar-refractivity contribution < 1.29 is 14.7 Å². The second kappa shape index (κ2) is 7.04. The predicted octanol–water partition coefficient (Wildman–Crippen LogP) is 1.90. The Morgan fingerprint density at radius 3 is 2.52 bits per heavy atom. The first-order chi connectivity index (χ1) is 10.9. The number of benzene rings is 1. The third-order valence-corrected chi connectivity index (χ3v) is 3.70. The lowest BCUT2D eigenvalue weighted by Gasteiger charge is -2.25. The summed E-state index contributed by atoms with van der Waals surface area (Å²) in [6, 6.07) is 7.44. The third kappa shape index (κ3) is 3.94. The van der Waals surface area contributed by atoms with E-state index in [9.17, 15) is 9.59 Å². The van der Waals surface area contributed by atoms with Gasteiger partial charge in [-0.05, 0) is 32.4 Å². The summed E-state index contributed by atoms with van der Waals surface area (Å²) in [4.78, 5) is 24.8. The zero-order chi connectivity index (χ0) is 17.0. The fraction of sp³-hybridized carbons (Fsp3) is 0.375. The molecule has 0 bridgehead atoms. The van der Waals surface area contributed by atoms with Crippen LogP contribution < -0.4 is 0 Å². The highest BCUT2D eigenvalue weighted by Gasteiger charge is 2.25. The molecule has 0 aliphatic heterocycles. The Kier molecular flexibility index (Phi) is 5.10. The van der Waals surface area contributed by atoms with Gasteiger partial charge in [-0.25, -0.2) is 4.68 Å². The van der Waals surface area contributed by atoms with E-state index in [2.05, 4.69) is 10.3 Å². The zero-order valence-electron chi connectivity index (χ0n) is 13.4. The third-order valence-electron chi connectivity index (χ3n) is 3.70. The van der Waals surface area contributed by atoms with E-state index in [1.807, 2.05) is 45.0 Å². The van der Waals surface area contributed by atoms with Crippen LogP contribution >= 0.6 is 0 Å². The van der Waals surface area contributed by atoms with Crippen LogP contribution in [0, 0.1) is 6.92 Å². The summed E-state index contributed by atoms with van der Waals surface area (Å²) < 4.78 is 1.50. The van der Waals surface area contributed by atoms with Gasteiger partial charge in [-0.3, -0.25) is 9.59 Å². The first-order valence-electron chi connectivity index (χ1n) is 7.44. The monoisotopic (exact) mass is 316 g/mol. The van der Waals surface area contributed by atoms with Crippen molar-refractivity contribution in [3.8, 4) is 5.69 Å². The van der Waals surface area contributed by atoms with Gasteiger partial charge in [0.1, 0.15) is 6.54 Å². The van der Waals surface area contributed by atoms with Crippen molar-refractivity contribution in [1.29, 1.82) is 0 Å². The minimum Gasteiger partial charge on any atom is -0.480 e. The summed E-state index contributed by atoms with van der Waals surface area (Å²) in [7, 11) is 0. The largest absolute Gasteiger partial charge is 0.480 e. The number of aliphatic carboxylic acids is 1. The van der Waals surface area contributed by atoms with Crippen LogP contribution in [0.1, 0.15) is 36.3 Å². The van der Waals surface area contributed by atoms with Crippen molar-refractivity contribution in [2.24, 2.45) is 0 Å². The summed E-state index contributed by atoms with van der Waals surface area (Å²) in [5.74, 6) is -1.48. The number of aromatic nitrogens is 3. The molecule has 1 heterocycles. The summed E-state index contributed by atoms with van der Waals surface area (Å²) in [6.07, 6.45) is 2.18. The van der Waals surface area contributed by atoms with Gasteiger partial charge in [-0.2, -0.15) is 0 Å². The van der Waals surface area contributed by atoms with Crippen LogP contribution in [0.5, 0.6) is 0 Å². The molecule has 0 aliphatic carbocycles. The van der Waals surface area contributed by atoms with Crippen LogP contribution in [0.15, 0.2) is 30.5 Å². The number of carbonyl (C=O) groups is 2. The molecule has 1 unspecified atom stereocenters. The van der Waals surface area contributed by atoms with Crippen LogP contribution in [0.25, 0.3) is 5.69 Å². The Labute approximate surface area is 134 Å². The molecule has 0 fully saturated rings. The molecule has 2 rings (SSSR count). The van der Waals surface area contributed by atoms with E-state index in [1.165, 1.54) is 15.8 Å². The molecule has 1 amide bonds. The molecule has 0 radical (unpaired) electrons. The molecule has 7 heteroatoms. The molecule has 0 aliphatic rings. The van der Waals surface area contributed by atoms with Crippen molar-refractivity contribution in [3.63, 3.8) is 0 Å². The van der Waals surface area contributed by atoms with Gasteiger partial charge in [0.25, 0.3) is 5.91 Å². The molecule has 122 valence electrons. The van der Waals surface area contributed by atoms with E-state index in [-0.39, 0.29) is 18.3 Å². The molecule has 2 aromatic rings. The highest BCUT2D eigenvalue weighted by molar-refractivity contribution is 5.94. The molecular formula is C16H20N4O3. The second-order valence-corrected chi connectivity index (χ2v) is 5.47. The van der Waals surface area contributed by atoms with E-state index in [4.69, 9.17) is 5.11 Å². The number of rotatable bonds is 6. The topological polar surface area (TPSA) is 88.3 Å². The maximum atomic E-state index is 12.5. The lowest BCUT2D eigenvalue weighted by molar-refractivity contribution is -0.138. The van der Waals surface area contributed by atoms with Crippen LogP contribution in [0.2, 0.25) is 0 Å². The lowest BCUT2D eigenvalue weighted by atomic mass is 10.2. The number of amides is 1. The van der Waals surface area contributed by atoms with Crippen LogP contribution in [-0.2, 0) is 4.79 Å². The summed E-state index contributed by atoms with van der Waals surface area (Å²) in [6.45, 7) is 5.34. The normalized spacial score (nSPS) is 12.0. The number of aryl methyl sites for hydroxylation is 1. The maximum Gasteiger partial charge on any atom is 0.323 e. The number of carboxylic acids is 1. The quantitative estimate of drug-likeness (QED) is 0.879. The molecule has 23 heavy (non-hydrogen) atoms. The van der Waals surface area contributed by atoms with Crippen molar-refractivity contribution >= 4 is 11.9 Å². The summed E-state index contributed by atoms with van der Waals surface area (Å²) in [5, 5.41) is 16.8. The Morgan fingerprint density at radius 2 is 1.96 bits per heavy atom. The Balaban J connectivity index is 2.25. The number of hydrogen-bond acceptors (Lipinski definition) is 4. The van der Waals surface area contributed by atoms with Gasteiger partial charge < -0.3 is 10.0 Å². The zero-order valence-corrected chi connectivity index (χ0v) is 13.4. The van der Waals surface area contributed by atoms with E-state index < -0.39 is 11.9 Å². The number of nitrogens with zero attached hydrogens (tertiary/aromatic N) is 4. The molecule has 1 aromatic carbocycles. The van der Waals surface area contributed by atoms with E-state index in [1.54, 1.807) is 0 Å². The average Bonchev–Trinajstić information content (AvgIpc) is 3.01. The Bertz CT molecular complexity index is 694. The Hall–Kier alpha value is -2.70. The number of carboxylic acid groups (broad SMARTS) is 1. The van der Waals surface area contributed by atoms with Gasteiger partial charge in [0, 0.05) is 6.04 Å². The highest BCUT2D eigenvalue weighted by Crippen LogP contribution is 2.12. The molecule has 1 atom stereocenters. The van der Waals surface area contributed by atoms with Gasteiger partial charge in [0.15, 0.2) is 5.69 Å². The summed E-state index contributed by atoms with van der Waals surface area (Å²) in [5.41, 5.74) is 2.04. The molecule has 0 spiro atoms. The van der Waals surface area contributed by atoms with Gasteiger partial charge in [0.2, 0.25) is 0 Å². The molecular weight excluding hydrogens is 296 g/mol. The number of hydrogen-bond donors (Lipinski definition) is 1. The Morgan fingerprint density at radius 1 is 1.30 bits per heavy atom. The smallest absolute Gasteiger partial charge is 0.323 e. The maximum absolute atomic E-state index is 12.5. The van der Waals surface area contributed by atoms with Crippen molar-refractivity contribution in [2.45, 2.75) is 33.2 Å². The molecule has 0 saturated carbocycles. The SMILES string of the molecule is CCC(C)N(CC(=O)O)C(=O)c1cn(-c2ccc(C)cc2)nn1. The lowest BCUT2D eigenvalue weighted by Crippen LogP contribution is -2.42.